The average Bonchev–Trinajstić information content (AvgIpc) is 2.27. The van der Waals surface area contributed by atoms with Crippen LogP contribution in [-0.4, -0.2) is 12.6 Å². The Bertz CT molecular complexity index is 352. The van der Waals surface area contributed by atoms with Gasteiger partial charge in [-0.1, -0.05) is 36.7 Å². The van der Waals surface area contributed by atoms with Crippen LogP contribution in [0.3, 0.4) is 0 Å². The van der Waals surface area contributed by atoms with Crippen LogP contribution in [0, 0.1) is 5.92 Å². The van der Waals surface area contributed by atoms with Gasteiger partial charge in [-0.25, -0.2) is 0 Å². The van der Waals surface area contributed by atoms with Gasteiger partial charge in [-0.3, -0.25) is 0 Å². The Balaban J connectivity index is 2.79. The third-order valence-electron chi connectivity index (χ3n) is 2.60. The molecule has 1 aromatic carbocycles. The molecule has 0 radical (unpaired) electrons. The zero-order valence-corrected chi connectivity index (χ0v) is 12.5. The maximum atomic E-state index is 6.01. The summed E-state index contributed by atoms with van der Waals surface area (Å²) >= 11 is 3.49. The summed E-state index contributed by atoms with van der Waals surface area (Å²) in [7, 11) is 0. The van der Waals surface area contributed by atoms with Crippen molar-refractivity contribution >= 4 is 15.9 Å². The molecule has 0 heterocycles. The van der Waals surface area contributed by atoms with Crippen LogP contribution in [-0.2, 0) is 6.42 Å². The Morgan fingerprint density at radius 1 is 1.35 bits per heavy atom. The van der Waals surface area contributed by atoms with E-state index >= 15 is 0 Å². The Morgan fingerprint density at radius 3 is 2.65 bits per heavy atom. The van der Waals surface area contributed by atoms with Crippen molar-refractivity contribution in [2.24, 2.45) is 11.7 Å². The van der Waals surface area contributed by atoms with Gasteiger partial charge in [0.1, 0.15) is 5.75 Å². The molecule has 2 N–H and O–H groups in total. The lowest BCUT2D eigenvalue weighted by Gasteiger charge is -2.16. The van der Waals surface area contributed by atoms with E-state index in [1.807, 2.05) is 12.1 Å². The van der Waals surface area contributed by atoms with E-state index in [4.69, 9.17) is 10.5 Å². The van der Waals surface area contributed by atoms with Gasteiger partial charge in [0.15, 0.2) is 0 Å². The Morgan fingerprint density at radius 2 is 2.06 bits per heavy atom. The fourth-order valence-electron chi connectivity index (χ4n) is 1.53. The summed E-state index contributed by atoms with van der Waals surface area (Å²) in [6.07, 6.45) is 1.85. The van der Waals surface area contributed by atoms with Gasteiger partial charge >= 0.3 is 0 Å². The number of hydrogen-bond acceptors (Lipinski definition) is 2. The van der Waals surface area contributed by atoms with Crippen LogP contribution in [0.2, 0.25) is 0 Å². The lowest BCUT2D eigenvalue weighted by molar-refractivity contribution is 0.268. The van der Waals surface area contributed by atoms with E-state index in [2.05, 4.69) is 42.8 Å². The molecular formula is C14H22BrNO. The number of nitrogens with two attached hydrogens (primary N) is 1. The minimum absolute atomic E-state index is 0.200. The van der Waals surface area contributed by atoms with E-state index in [1.165, 1.54) is 5.56 Å². The van der Waals surface area contributed by atoms with Crippen LogP contribution >= 0.6 is 15.9 Å². The standard InChI is InChI=1S/C14H22BrNO/c1-4-13(16)8-11-7-12(15)5-6-14(11)17-9-10(2)3/h5-7,10,13H,4,8-9,16H2,1-3H3. The number of rotatable bonds is 6. The summed E-state index contributed by atoms with van der Waals surface area (Å²) < 4.78 is 6.90. The molecule has 0 aromatic heterocycles. The number of halogens is 1. The molecule has 96 valence electrons. The van der Waals surface area contributed by atoms with Crippen molar-refractivity contribution in [3.63, 3.8) is 0 Å². The van der Waals surface area contributed by atoms with Crippen molar-refractivity contribution in [2.45, 2.75) is 39.7 Å². The molecule has 0 saturated carbocycles. The minimum Gasteiger partial charge on any atom is -0.493 e. The first-order chi connectivity index (χ1) is 8.02. The van der Waals surface area contributed by atoms with Crippen molar-refractivity contribution in [1.82, 2.24) is 0 Å². The van der Waals surface area contributed by atoms with Crippen molar-refractivity contribution < 1.29 is 4.74 Å². The zero-order valence-electron chi connectivity index (χ0n) is 10.9. The summed E-state index contributed by atoms with van der Waals surface area (Å²) in [6.45, 7) is 7.15. The summed E-state index contributed by atoms with van der Waals surface area (Å²) in [5, 5.41) is 0. The van der Waals surface area contributed by atoms with Crippen LogP contribution in [0.25, 0.3) is 0 Å². The molecule has 2 nitrogen and oxygen atoms in total. The maximum Gasteiger partial charge on any atom is 0.122 e. The highest BCUT2D eigenvalue weighted by atomic mass is 79.9. The Kier molecular flexibility index (Phi) is 6.00. The topological polar surface area (TPSA) is 35.2 Å². The normalized spacial score (nSPS) is 12.8. The van der Waals surface area contributed by atoms with Gasteiger partial charge in [0, 0.05) is 10.5 Å². The summed E-state index contributed by atoms with van der Waals surface area (Å²) in [6, 6.07) is 6.33. The quantitative estimate of drug-likeness (QED) is 0.868. The predicted octanol–water partition coefficient (Wildman–Crippen LogP) is 3.76. The second-order valence-corrected chi connectivity index (χ2v) is 5.75. The van der Waals surface area contributed by atoms with Crippen LogP contribution < -0.4 is 10.5 Å². The molecule has 3 heteroatoms. The first-order valence-electron chi connectivity index (χ1n) is 6.19. The largest absolute Gasteiger partial charge is 0.493 e. The molecule has 0 aliphatic carbocycles. The van der Waals surface area contributed by atoms with E-state index in [0.717, 1.165) is 29.7 Å². The molecule has 1 rings (SSSR count). The molecule has 1 unspecified atom stereocenters. The van der Waals surface area contributed by atoms with Crippen LogP contribution in [0.1, 0.15) is 32.8 Å². The van der Waals surface area contributed by atoms with Crippen LogP contribution in [0.4, 0.5) is 0 Å². The third-order valence-corrected chi connectivity index (χ3v) is 3.09. The van der Waals surface area contributed by atoms with Crippen LogP contribution in [0.15, 0.2) is 22.7 Å². The van der Waals surface area contributed by atoms with Crippen molar-refractivity contribution in [1.29, 1.82) is 0 Å². The first-order valence-corrected chi connectivity index (χ1v) is 6.99. The second-order valence-electron chi connectivity index (χ2n) is 4.83. The molecule has 0 bridgehead atoms. The van der Waals surface area contributed by atoms with Gasteiger partial charge in [-0.05, 0) is 42.5 Å². The fourth-order valence-corrected chi connectivity index (χ4v) is 1.94. The molecule has 0 amide bonds. The second kappa shape index (κ2) is 7.02. The molecule has 0 fully saturated rings. The fraction of sp³-hybridized carbons (Fsp3) is 0.571. The van der Waals surface area contributed by atoms with Gasteiger partial charge in [0.2, 0.25) is 0 Å². The first kappa shape index (κ1) is 14.5. The van der Waals surface area contributed by atoms with Gasteiger partial charge in [0.05, 0.1) is 6.61 Å². The smallest absolute Gasteiger partial charge is 0.122 e. The van der Waals surface area contributed by atoms with Crippen molar-refractivity contribution in [3.8, 4) is 5.75 Å². The average molecular weight is 300 g/mol. The number of hydrogen-bond donors (Lipinski definition) is 1. The minimum atomic E-state index is 0.200. The summed E-state index contributed by atoms with van der Waals surface area (Å²) in [5.74, 6) is 1.50. The van der Waals surface area contributed by atoms with Gasteiger partial charge < -0.3 is 10.5 Å². The lowest BCUT2D eigenvalue weighted by Crippen LogP contribution is -2.22. The van der Waals surface area contributed by atoms with E-state index < -0.39 is 0 Å². The molecule has 1 aromatic rings. The van der Waals surface area contributed by atoms with Gasteiger partial charge in [0.25, 0.3) is 0 Å². The van der Waals surface area contributed by atoms with Gasteiger partial charge in [-0.15, -0.1) is 0 Å². The highest BCUT2D eigenvalue weighted by Gasteiger charge is 2.09. The molecular weight excluding hydrogens is 278 g/mol. The highest BCUT2D eigenvalue weighted by Crippen LogP contribution is 2.25. The summed E-state index contributed by atoms with van der Waals surface area (Å²) in [5.41, 5.74) is 7.20. The van der Waals surface area contributed by atoms with E-state index in [-0.39, 0.29) is 6.04 Å². The summed E-state index contributed by atoms with van der Waals surface area (Å²) in [4.78, 5) is 0. The van der Waals surface area contributed by atoms with Crippen molar-refractivity contribution in [2.75, 3.05) is 6.61 Å². The maximum absolute atomic E-state index is 6.01. The molecule has 0 aliphatic rings. The van der Waals surface area contributed by atoms with E-state index in [9.17, 15) is 0 Å². The number of ether oxygens (including phenoxy) is 1. The Hall–Kier alpha value is -0.540. The van der Waals surface area contributed by atoms with E-state index in [1.54, 1.807) is 0 Å². The lowest BCUT2D eigenvalue weighted by atomic mass is 10.0. The zero-order chi connectivity index (χ0) is 12.8. The van der Waals surface area contributed by atoms with Gasteiger partial charge in [-0.2, -0.15) is 0 Å². The monoisotopic (exact) mass is 299 g/mol. The molecule has 0 spiro atoms. The molecule has 17 heavy (non-hydrogen) atoms. The number of benzene rings is 1. The van der Waals surface area contributed by atoms with Crippen LogP contribution in [0.5, 0.6) is 5.75 Å². The molecule has 1 atom stereocenters. The SMILES string of the molecule is CCC(N)Cc1cc(Br)ccc1OCC(C)C. The highest BCUT2D eigenvalue weighted by molar-refractivity contribution is 9.10. The molecule has 0 aliphatic heterocycles. The van der Waals surface area contributed by atoms with Crippen molar-refractivity contribution in [3.05, 3.63) is 28.2 Å². The molecule has 0 saturated heterocycles. The Labute approximate surface area is 113 Å². The predicted molar refractivity (Wildman–Crippen MR) is 76.4 cm³/mol. The van der Waals surface area contributed by atoms with E-state index in [0.29, 0.717) is 5.92 Å². The third kappa shape index (κ3) is 5.09.